The molecule has 3 aromatic rings. The molecule has 2 heterocycles. The zero-order chi connectivity index (χ0) is 29.3. The molecule has 2 saturated heterocycles. The Hall–Kier alpha value is -4.43. The van der Waals surface area contributed by atoms with Crippen LogP contribution in [0.1, 0.15) is 29.9 Å². The number of ether oxygens (including phenoxy) is 1. The molecule has 0 aromatic heterocycles. The molecular weight excluding hydrogens is 556 g/mol. The Labute approximate surface area is 246 Å². The summed E-state index contributed by atoms with van der Waals surface area (Å²) in [6.45, 7) is 0. The molecule has 42 heavy (non-hydrogen) atoms. The van der Waals surface area contributed by atoms with Crippen molar-refractivity contribution in [1.82, 2.24) is 5.32 Å². The third-order valence-corrected chi connectivity index (χ3v) is 9.79. The molecule has 0 unspecified atom stereocenters. The van der Waals surface area contributed by atoms with Gasteiger partial charge in [0.15, 0.2) is 0 Å². The van der Waals surface area contributed by atoms with Crippen molar-refractivity contribution in [3.05, 3.63) is 101 Å². The molecule has 0 bridgehead atoms. The Balaban J connectivity index is 1.54. The lowest BCUT2D eigenvalue weighted by Crippen LogP contribution is -2.53. The van der Waals surface area contributed by atoms with Crippen molar-refractivity contribution in [2.75, 3.05) is 12.0 Å². The van der Waals surface area contributed by atoms with Gasteiger partial charge in [-0.3, -0.25) is 24.5 Å². The highest BCUT2D eigenvalue weighted by Gasteiger charge is 2.70. The number of benzene rings is 3. The van der Waals surface area contributed by atoms with E-state index in [0.29, 0.717) is 34.0 Å². The lowest BCUT2D eigenvalue weighted by atomic mass is 9.49. The van der Waals surface area contributed by atoms with Gasteiger partial charge >= 0.3 is 0 Å². The van der Waals surface area contributed by atoms with E-state index in [9.17, 15) is 19.5 Å². The molecule has 4 aliphatic rings. The Bertz CT molecular complexity index is 1700. The number of hydrogen-bond donors (Lipinski definition) is 2. The van der Waals surface area contributed by atoms with Crippen molar-refractivity contribution < 1.29 is 29.0 Å². The predicted octanol–water partition coefficient (Wildman–Crippen LogP) is 4.50. The molecule has 8 nitrogen and oxygen atoms in total. The normalized spacial score (nSPS) is 29.9. The number of carbonyl (C=O) groups is 4. The van der Waals surface area contributed by atoms with E-state index in [1.54, 1.807) is 36.4 Å². The number of rotatable bonds is 4. The average Bonchev–Trinajstić information content (AvgIpc) is 3.41. The van der Waals surface area contributed by atoms with Crippen LogP contribution in [0, 0.1) is 23.7 Å². The predicted molar refractivity (Wildman–Crippen MR) is 154 cm³/mol. The third-order valence-electron chi connectivity index (χ3n) is 9.56. The van der Waals surface area contributed by atoms with Gasteiger partial charge in [0.2, 0.25) is 23.6 Å². The minimum atomic E-state index is -1.46. The minimum Gasteiger partial charge on any atom is -0.508 e. The second kappa shape index (κ2) is 9.56. The number of phenols is 1. The van der Waals surface area contributed by atoms with E-state index in [2.05, 4.69) is 5.32 Å². The summed E-state index contributed by atoms with van der Waals surface area (Å²) in [6.07, 6.45) is 2.44. The number of nitrogens with one attached hydrogen (secondary N) is 1. The summed E-state index contributed by atoms with van der Waals surface area (Å²) in [6, 6.07) is 20.6. The topological polar surface area (TPSA) is 113 Å². The fourth-order valence-electron chi connectivity index (χ4n) is 7.89. The number of carbonyl (C=O) groups excluding carboxylic acids is 4. The number of anilines is 1. The second-order valence-electron chi connectivity index (χ2n) is 11.4. The maximum absolute atomic E-state index is 15.0. The molecule has 0 radical (unpaired) electrons. The summed E-state index contributed by atoms with van der Waals surface area (Å²) in [7, 11) is 1.51. The first-order chi connectivity index (χ1) is 20.3. The van der Waals surface area contributed by atoms with Crippen LogP contribution in [0.3, 0.4) is 0 Å². The van der Waals surface area contributed by atoms with E-state index in [1.807, 2.05) is 36.4 Å². The third kappa shape index (κ3) is 3.54. The Morgan fingerprint density at radius 3 is 2.48 bits per heavy atom. The van der Waals surface area contributed by atoms with Crippen LogP contribution in [-0.4, -0.2) is 35.8 Å². The van der Waals surface area contributed by atoms with Crippen LogP contribution >= 0.6 is 11.6 Å². The molecular formula is C33H27ClN2O6. The monoisotopic (exact) mass is 582 g/mol. The molecule has 7 rings (SSSR count). The summed E-state index contributed by atoms with van der Waals surface area (Å²) in [5.41, 5.74) is 0.687. The largest absolute Gasteiger partial charge is 0.508 e. The van der Waals surface area contributed by atoms with Crippen molar-refractivity contribution >= 4 is 40.9 Å². The van der Waals surface area contributed by atoms with Crippen LogP contribution in [0.2, 0.25) is 5.02 Å². The smallest absolute Gasteiger partial charge is 0.246 e. The van der Waals surface area contributed by atoms with Crippen LogP contribution in [0.15, 0.2) is 84.4 Å². The van der Waals surface area contributed by atoms with Gasteiger partial charge < -0.3 is 9.84 Å². The highest BCUT2D eigenvalue weighted by molar-refractivity contribution is 6.32. The number of methoxy groups -OCH3 is 1. The second-order valence-corrected chi connectivity index (χ2v) is 11.8. The molecule has 0 spiro atoms. The van der Waals surface area contributed by atoms with E-state index in [0.717, 1.165) is 5.57 Å². The van der Waals surface area contributed by atoms with Crippen LogP contribution in [0.4, 0.5) is 5.69 Å². The van der Waals surface area contributed by atoms with Gasteiger partial charge in [0, 0.05) is 16.5 Å². The molecule has 3 aromatic carbocycles. The van der Waals surface area contributed by atoms with E-state index < -0.39 is 46.8 Å². The zero-order valence-electron chi connectivity index (χ0n) is 22.6. The number of fused-ring (bicyclic) bond motifs is 4. The first-order valence-electron chi connectivity index (χ1n) is 13.9. The van der Waals surface area contributed by atoms with E-state index in [-0.39, 0.29) is 24.0 Å². The lowest BCUT2D eigenvalue weighted by Gasteiger charge is -2.50. The summed E-state index contributed by atoms with van der Waals surface area (Å²) < 4.78 is 5.52. The van der Waals surface area contributed by atoms with Gasteiger partial charge in [-0.15, -0.1) is 0 Å². The van der Waals surface area contributed by atoms with Crippen molar-refractivity contribution in [2.45, 2.75) is 24.2 Å². The van der Waals surface area contributed by atoms with E-state index in [1.165, 1.54) is 18.1 Å². The number of halogens is 1. The van der Waals surface area contributed by atoms with Crippen molar-refractivity contribution in [2.24, 2.45) is 23.7 Å². The number of allylic oxidation sites excluding steroid dienone is 2. The van der Waals surface area contributed by atoms with Gasteiger partial charge in [0.25, 0.3) is 0 Å². The number of phenolic OH excluding ortho intramolecular Hbond substituents is 1. The Morgan fingerprint density at radius 2 is 1.74 bits per heavy atom. The van der Waals surface area contributed by atoms with Crippen LogP contribution in [-0.2, 0) is 24.6 Å². The molecule has 3 fully saturated rings. The number of nitrogens with zero attached hydrogens (tertiary/aromatic N) is 1. The van der Waals surface area contributed by atoms with Gasteiger partial charge in [-0.2, -0.15) is 0 Å². The Morgan fingerprint density at radius 1 is 0.952 bits per heavy atom. The van der Waals surface area contributed by atoms with Gasteiger partial charge in [0.1, 0.15) is 11.5 Å². The molecule has 2 N–H and O–H groups in total. The van der Waals surface area contributed by atoms with Gasteiger partial charge in [-0.1, -0.05) is 59.6 Å². The fourth-order valence-corrected chi connectivity index (χ4v) is 8.07. The van der Waals surface area contributed by atoms with Crippen LogP contribution in [0.5, 0.6) is 11.5 Å². The molecule has 6 atom stereocenters. The maximum Gasteiger partial charge on any atom is 0.246 e. The summed E-state index contributed by atoms with van der Waals surface area (Å²) in [4.78, 5) is 56.7. The van der Waals surface area contributed by atoms with Gasteiger partial charge in [-0.25, -0.2) is 4.90 Å². The van der Waals surface area contributed by atoms with E-state index >= 15 is 4.79 Å². The minimum absolute atomic E-state index is 0.0630. The highest BCUT2D eigenvalue weighted by atomic mass is 35.5. The maximum atomic E-state index is 15.0. The zero-order valence-corrected chi connectivity index (χ0v) is 23.4. The van der Waals surface area contributed by atoms with Gasteiger partial charge in [-0.05, 0) is 60.7 Å². The molecule has 2 aliphatic heterocycles. The quantitative estimate of drug-likeness (QED) is 0.346. The van der Waals surface area contributed by atoms with Crippen molar-refractivity contribution in [3.63, 3.8) is 0 Å². The first kappa shape index (κ1) is 26.5. The van der Waals surface area contributed by atoms with Crippen LogP contribution < -0.4 is 15.0 Å². The molecule has 212 valence electrons. The molecule has 9 heteroatoms. The summed E-state index contributed by atoms with van der Waals surface area (Å²) in [5.74, 6) is -4.59. The first-order valence-corrected chi connectivity index (χ1v) is 14.3. The van der Waals surface area contributed by atoms with E-state index in [4.69, 9.17) is 16.3 Å². The van der Waals surface area contributed by atoms with Crippen molar-refractivity contribution in [3.8, 4) is 11.5 Å². The number of hydrogen-bond acceptors (Lipinski definition) is 6. The van der Waals surface area contributed by atoms with Crippen molar-refractivity contribution in [1.29, 1.82) is 0 Å². The molecule has 1 saturated carbocycles. The Kier molecular flexibility index (Phi) is 6.02. The fraction of sp³-hybridized carbons (Fsp3) is 0.273. The lowest BCUT2D eigenvalue weighted by molar-refractivity contribution is -0.128. The number of imide groups is 2. The highest BCUT2D eigenvalue weighted by Crippen LogP contribution is 2.65. The van der Waals surface area contributed by atoms with Gasteiger partial charge in [0.05, 0.1) is 36.0 Å². The number of aromatic hydroxyl groups is 1. The number of amides is 4. The molecule has 2 aliphatic carbocycles. The SMILES string of the molecule is COc1ccc(O)c([C@H]2C3=CC[C@@H]4C(=O)NC(=O)[C@@H]4[C@@H]3C[C@H]3C(=O)N(c4cccc(Cl)c4)C(=O)[C@@]23c2ccccc2)c1. The summed E-state index contributed by atoms with van der Waals surface area (Å²) >= 11 is 6.31. The summed E-state index contributed by atoms with van der Waals surface area (Å²) in [5, 5.41) is 14.2. The molecule has 4 amide bonds. The standard InChI is InChI=1S/C33H27ClN2O6/c1-42-20-10-13-26(37)24(15-20)28-21-11-12-22-27(30(39)35-29(22)38)23(21)16-25-31(40)36(19-9-5-8-18(34)14-19)32(41)33(25,28)17-6-3-2-4-7-17/h2-11,13-15,22-23,25,27-28,37H,12,16H2,1H3,(H,35,38,39)/t22-,23+,25-,27-,28+,33+/m0/s1. The average molecular weight is 583 g/mol. The van der Waals surface area contributed by atoms with Crippen LogP contribution in [0.25, 0.3) is 0 Å².